The number of aromatic nitrogens is 1. The fourth-order valence-electron chi connectivity index (χ4n) is 1.87. The average Bonchev–Trinajstić information content (AvgIpc) is 2.81. The summed E-state index contributed by atoms with van der Waals surface area (Å²) < 4.78 is 0. The summed E-state index contributed by atoms with van der Waals surface area (Å²) in [6.07, 6.45) is 8.51. The number of allylic oxidation sites excluding steroid dienone is 2. The molecule has 0 atom stereocenters. The van der Waals surface area contributed by atoms with E-state index in [1.165, 1.54) is 17.0 Å². The van der Waals surface area contributed by atoms with Crippen molar-refractivity contribution in [2.45, 2.75) is 6.42 Å². The number of rotatable bonds is 6. The first-order valence-corrected chi connectivity index (χ1v) is 6.02. The summed E-state index contributed by atoms with van der Waals surface area (Å²) in [7, 11) is 0. The molecule has 0 saturated heterocycles. The Morgan fingerprint density at radius 3 is 3.00 bits per heavy atom. The Balaban J connectivity index is 1.81. The van der Waals surface area contributed by atoms with Gasteiger partial charge < -0.3 is 10.3 Å². The van der Waals surface area contributed by atoms with Gasteiger partial charge in [0.25, 0.3) is 0 Å². The van der Waals surface area contributed by atoms with Gasteiger partial charge in [-0.05, 0) is 30.3 Å². The van der Waals surface area contributed by atoms with E-state index in [9.17, 15) is 10.1 Å². The van der Waals surface area contributed by atoms with Gasteiger partial charge in [-0.3, -0.25) is 10.1 Å². The van der Waals surface area contributed by atoms with Crippen LogP contribution in [0, 0.1) is 10.1 Å². The molecular weight excluding hydrogens is 242 g/mol. The lowest BCUT2D eigenvalue weighted by Crippen LogP contribution is -2.09. The Morgan fingerprint density at radius 1 is 1.32 bits per heavy atom. The summed E-state index contributed by atoms with van der Waals surface area (Å²) in [5.74, 6) is 0. The molecule has 0 bridgehead atoms. The Labute approximate surface area is 110 Å². The van der Waals surface area contributed by atoms with Crippen LogP contribution in [0.15, 0.2) is 55.0 Å². The summed E-state index contributed by atoms with van der Waals surface area (Å²) in [6, 6.07) is 8.17. The van der Waals surface area contributed by atoms with E-state index >= 15 is 0 Å². The van der Waals surface area contributed by atoms with Gasteiger partial charge in [-0.25, -0.2) is 0 Å². The molecule has 98 valence electrons. The zero-order valence-corrected chi connectivity index (χ0v) is 10.4. The molecule has 0 spiro atoms. The van der Waals surface area contributed by atoms with Crippen molar-refractivity contribution in [2.75, 3.05) is 6.54 Å². The minimum atomic E-state index is -0.490. The maximum atomic E-state index is 10.0. The van der Waals surface area contributed by atoms with Crippen LogP contribution in [0.1, 0.15) is 5.56 Å². The van der Waals surface area contributed by atoms with E-state index in [0.29, 0.717) is 0 Å². The van der Waals surface area contributed by atoms with Crippen molar-refractivity contribution >= 4 is 10.9 Å². The Morgan fingerprint density at radius 2 is 2.16 bits per heavy atom. The summed E-state index contributed by atoms with van der Waals surface area (Å²) in [6.45, 7) is 0.782. The van der Waals surface area contributed by atoms with Gasteiger partial charge in [0, 0.05) is 29.7 Å². The highest BCUT2D eigenvalue weighted by atomic mass is 16.6. The van der Waals surface area contributed by atoms with Crippen LogP contribution < -0.4 is 5.32 Å². The van der Waals surface area contributed by atoms with E-state index in [-0.39, 0.29) is 0 Å². The summed E-state index contributed by atoms with van der Waals surface area (Å²) in [5.41, 5.74) is 2.40. The largest absolute Gasteiger partial charge is 0.391 e. The molecule has 1 aromatic heterocycles. The van der Waals surface area contributed by atoms with Crippen molar-refractivity contribution in [3.05, 3.63) is 70.7 Å². The molecule has 5 nitrogen and oxygen atoms in total. The molecule has 2 N–H and O–H groups in total. The van der Waals surface area contributed by atoms with Gasteiger partial charge in [0.05, 0.1) is 4.92 Å². The van der Waals surface area contributed by atoms with Crippen LogP contribution in [0.4, 0.5) is 0 Å². The number of para-hydroxylation sites is 1. The summed E-state index contributed by atoms with van der Waals surface area (Å²) >= 11 is 0. The molecule has 0 amide bonds. The van der Waals surface area contributed by atoms with Crippen molar-refractivity contribution in [3.63, 3.8) is 0 Å². The Bertz CT molecular complexity index is 614. The van der Waals surface area contributed by atoms with Gasteiger partial charge in [-0.2, -0.15) is 0 Å². The minimum absolute atomic E-state index is 0.490. The van der Waals surface area contributed by atoms with Gasteiger partial charge in [0.1, 0.15) is 0 Å². The topological polar surface area (TPSA) is 71.0 Å². The van der Waals surface area contributed by atoms with Crippen LogP contribution in [0.5, 0.6) is 0 Å². The molecule has 0 unspecified atom stereocenters. The van der Waals surface area contributed by atoms with Crippen LogP contribution in [0.2, 0.25) is 0 Å². The van der Waals surface area contributed by atoms with Crippen LogP contribution in [0.25, 0.3) is 10.9 Å². The fourth-order valence-corrected chi connectivity index (χ4v) is 1.87. The smallest absolute Gasteiger partial charge is 0.234 e. The first-order valence-electron chi connectivity index (χ1n) is 6.02. The number of fused-ring (bicyclic) bond motifs is 1. The molecule has 0 aliphatic rings. The minimum Gasteiger partial charge on any atom is -0.391 e. The molecule has 2 rings (SSSR count). The van der Waals surface area contributed by atoms with Gasteiger partial charge in [-0.1, -0.05) is 18.2 Å². The number of H-pyrrole nitrogens is 1. The van der Waals surface area contributed by atoms with Crippen molar-refractivity contribution in [2.24, 2.45) is 0 Å². The number of benzene rings is 1. The van der Waals surface area contributed by atoms with Crippen molar-refractivity contribution < 1.29 is 4.92 Å². The molecule has 0 aliphatic heterocycles. The second-order valence-corrected chi connectivity index (χ2v) is 4.05. The van der Waals surface area contributed by atoms with Crippen molar-refractivity contribution in [3.8, 4) is 0 Å². The molecule has 0 radical (unpaired) electrons. The van der Waals surface area contributed by atoms with E-state index in [2.05, 4.69) is 22.4 Å². The Hall–Kier alpha value is -2.56. The molecular formula is C14H15N3O2. The lowest BCUT2D eigenvalue weighted by Gasteiger charge is -1.99. The van der Waals surface area contributed by atoms with Gasteiger partial charge in [0.15, 0.2) is 0 Å². The number of nitrogens with zero attached hydrogens (tertiary/aromatic N) is 1. The molecule has 1 aromatic carbocycles. The summed E-state index contributed by atoms with van der Waals surface area (Å²) in [5, 5.41) is 14.4. The maximum Gasteiger partial charge on any atom is 0.234 e. The van der Waals surface area contributed by atoms with E-state index in [0.717, 1.165) is 24.7 Å². The lowest BCUT2D eigenvalue weighted by atomic mass is 10.1. The van der Waals surface area contributed by atoms with Crippen LogP contribution in [-0.4, -0.2) is 16.5 Å². The van der Waals surface area contributed by atoms with E-state index in [4.69, 9.17) is 0 Å². The van der Waals surface area contributed by atoms with Crippen LogP contribution >= 0.6 is 0 Å². The number of nitrogens with one attached hydrogen (secondary N) is 2. The monoisotopic (exact) mass is 257 g/mol. The normalized spacial score (nSPS) is 11.6. The molecule has 19 heavy (non-hydrogen) atoms. The van der Waals surface area contributed by atoms with E-state index in [1.807, 2.05) is 18.3 Å². The molecule has 0 aliphatic carbocycles. The highest BCUT2D eigenvalue weighted by Gasteiger charge is 2.00. The third-order valence-electron chi connectivity index (χ3n) is 2.75. The third kappa shape index (κ3) is 3.70. The highest BCUT2D eigenvalue weighted by molar-refractivity contribution is 5.83. The van der Waals surface area contributed by atoms with Gasteiger partial charge in [-0.15, -0.1) is 0 Å². The second-order valence-electron chi connectivity index (χ2n) is 4.05. The standard InChI is InChI=1S/C14H15N3O2/c18-17(19)10-4-3-8-15-9-7-12-11-16-14-6-2-1-5-13(12)14/h1-6,8,10-11,15-16H,7,9H2/b8-3+,10-4+. The average molecular weight is 257 g/mol. The van der Waals surface area contributed by atoms with E-state index in [1.54, 1.807) is 12.3 Å². The fraction of sp³-hybridized carbons (Fsp3) is 0.143. The van der Waals surface area contributed by atoms with Gasteiger partial charge >= 0.3 is 0 Å². The number of hydrogen-bond donors (Lipinski definition) is 2. The zero-order valence-electron chi connectivity index (χ0n) is 10.4. The molecule has 0 fully saturated rings. The van der Waals surface area contributed by atoms with Crippen LogP contribution in [0.3, 0.4) is 0 Å². The molecule has 0 saturated carbocycles. The lowest BCUT2D eigenvalue weighted by molar-refractivity contribution is -0.402. The van der Waals surface area contributed by atoms with E-state index < -0.39 is 4.92 Å². The zero-order chi connectivity index (χ0) is 13.5. The summed E-state index contributed by atoms with van der Waals surface area (Å²) in [4.78, 5) is 12.8. The third-order valence-corrected chi connectivity index (χ3v) is 2.75. The quantitative estimate of drug-likeness (QED) is 0.361. The number of aromatic amines is 1. The number of hydrogen-bond acceptors (Lipinski definition) is 3. The predicted molar refractivity (Wildman–Crippen MR) is 75.3 cm³/mol. The molecule has 2 aromatic rings. The van der Waals surface area contributed by atoms with Gasteiger partial charge in [0.2, 0.25) is 6.20 Å². The van der Waals surface area contributed by atoms with Crippen molar-refractivity contribution in [1.29, 1.82) is 0 Å². The molecule has 5 heteroatoms. The predicted octanol–water partition coefficient (Wildman–Crippen LogP) is 2.60. The van der Waals surface area contributed by atoms with Crippen LogP contribution in [-0.2, 0) is 6.42 Å². The highest BCUT2D eigenvalue weighted by Crippen LogP contribution is 2.17. The maximum absolute atomic E-state index is 10.0. The second kappa shape index (κ2) is 6.39. The van der Waals surface area contributed by atoms with Crippen molar-refractivity contribution in [1.82, 2.24) is 10.3 Å². The first kappa shape index (κ1) is 12.9. The first-order chi connectivity index (χ1) is 9.27. The SMILES string of the molecule is O=[N+]([O-])/C=C/C=C/NCCc1c[nH]c2ccccc12. The number of nitro groups is 1. The Kier molecular flexibility index (Phi) is 4.34. The molecule has 1 heterocycles.